The lowest BCUT2D eigenvalue weighted by Gasteiger charge is -2.17. The Morgan fingerprint density at radius 2 is 2.20 bits per heavy atom. The highest BCUT2D eigenvalue weighted by Crippen LogP contribution is 2.42. The second-order valence-electron chi connectivity index (χ2n) is 3.09. The van der Waals surface area contributed by atoms with Gasteiger partial charge in [-0.15, -0.1) is 0 Å². The monoisotopic (exact) mass is 242 g/mol. The van der Waals surface area contributed by atoms with Crippen LogP contribution >= 0.6 is 7.82 Å². The zero-order valence-electron chi connectivity index (χ0n) is 8.53. The lowest BCUT2D eigenvalue weighted by atomic mass is 10.2. The number of aliphatic hydroxyl groups excluding tert-OH is 1. The molecule has 1 aliphatic heterocycles. The predicted molar refractivity (Wildman–Crippen MR) is 49.1 cm³/mol. The maximum Gasteiger partial charge on any atom is 0.472 e. The summed E-state index contributed by atoms with van der Waals surface area (Å²) >= 11 is 0. The van der Waals surface area contributed by atoms with Crippen LogP contribution in [0.1, 0.15) is 6.42 Å². The zero-order valence-corrected chi connectivity index (χ0v) is 9.42. The molecule has 0 aromatic rings. The van der Waals surface area contributed by atoms with E-state index in [-0.39, 0.29) is 12.7 Å². The number of methoxy groups -OCH3 is 1. The number of rotatable bonds is 5. The Kier molecular flexibility index (Phi) is 4.66. The molecule has 0 aromatic carbocycles. The van der Waals surface area contributed by atoms with E-state index in [4.69, 9.17) is 19.5 Å². The van der Waals surface area contributed by atoms with Gasteiger partial charge in [-0.2, -0.15) is 0 Å². The third-order valence-corrected chi connectivity index (χ3v) is 3.05. The predicted octanol–water partition coefficient (Wildman–Crippen LogP) is -0.128. The normalized spacial score (nSPS) is 35.3. The number of phosphoric acid groups is 1. The molecule has 0 radical (unpaired) electrons. The first-order chi connectivity index (χ1) is 6.98. The van der Waals surface area contributed by atoms with Crippen LogP contribution in [0.15, 0.2) is 0 Å². The molecule has 8 heteroatoms. The van der Waals surface area contributed by atoms with Gasteiger partial charge in [0.2, 0.25) is 0 Å². The van der Waals surface area contributed by atoms with Gasteiger partial charge in [-0.1, -0.05) is 0 Å². The van der Waals surface area contributed by atoms with Crippen LogP contribution in [0.2, 0.25) is 0 Å². The third kappa shape index (κ3) is 3.81. The molecule has 0 spiro atoms. The fourth-order valence-corrected chi connectivity index (χ4v) is 1.75. The van der Waals surface area contributed by atoms with Crippen molar-refractivity contribution in [1.82, 2.24) is 0 Å². The molecule has 4 atom stereocenters. The van der Waals surface area contributed by atoms with Gasteiger partial charge in [0.05, 0.1) is 12.7 Å². The summed E-state index contributed by atoms with van der Waals surface area (Å²) in [6, 6.07) is 0. The van der Waals surface area contributed by atoms with Gasteiger partial charge in [0, 0.05) is 20.6 Å². The van der Waals surface area contributed by atoms with E-state index in [1.165, 1.54) is 7.11 Å². The van der Waals surface area contributed by atoms with E-state index in [0.717, 1.165) is 7.11 Å². The van der Waals surface area contributed by atoms with Gasteiger partial charge in [-0.25, -0.2) is 4.57 Å². The summed E-state index contributed by atoms with van der Waals surface area (Å²) in [5, 5.41) is 9.17. The standard InChI is InChI=1S/C7H15O7P/c1-11-5-3-7(8)14-6(5)4-13-15(9,10)12-2/h5-8H,3-4H2,1-2H3,(H,9,10). The van der Waals surface area contributed by atoms with Crippen LogP contribution in [0.3, 0.4) is 0 Å². The van der Waals surface area contributed by atoms with Gasteiger partial charge in [-0.05, 0) is 0 Å². The molecule has 1 aliphatic rings. The third-order valence-electron chi connectivity index (χ3n) is 2.12. The van der Waals surface area contributed by atoms with Crippen LogP contribution < -0.4 is 0 Å². The second-order valence-corrected chi connectivity index (χ2v) is 4.65. The quantitative estimate of drug-likeness (QED) is 0.648. The van der Waals surface area contributed by atoms with Crippen molar-refractivity contribution >= 4 is 7.82 Å². The van der Waals surface area contributed by atoms with Gasteiger partial charge >= 0.3 is 7.82 Å². The van der Waals surface area contributed by atoms with E-state index < -0.39 is 20.2 Å². The Labute approximate surface area is 87.5 Å². The van der Waals surface area contributed by atoms with Gasteiger partial charge < -0.3 is 19.5 Å². The molecule has 1 heterocycles. The molecule has 0 bridgehead atoms. The maximum atomic E-state index is 11.0. The van der Waals surface area contributed by atoms with Crippen molar-refractivity contribution in [2.75, 3.05) is 20.8 Å². The highest BCUT2D eigenvalue weighted by molar-refractivity contribution is 7.47. The molecule has 0 aliphatic carbocycles. The highest BCUT2D eigenvalue weighted by atomic mass is 31.2. The molecule has 1 fully saturated rings. The topological polar surface area (TPSA) is 94.5 Å². The van der Waals surface area contributed by atoms with E-state index in [9.17, 15) is 4.57 Å². The molecular weight excluding hydrogens is 227 g/mol. The van der Waals surface area contributed by atoms with Crippen molar-refractivity contribution in [3.05, 3.63) is 0 Å². The molecule has 0 aromatic heterocycles. The summed E-state index contributed by atoms with van der Waals surface area (Å²) in [5.74, 6) is 0. The minimum Gasteiger partial charge on any atom is -0.378 e. The first-order valence-electron chi connectivity index (χ1n) is 4.38. The lowest BCUT2D eigenvalue weighted by Crippen LogP contribution is -2.27. The van der Waals surface area contributed by atoms with Crippen molar-refractivity contribution in [1.29, 1.82) is 0 Å². The SMILES string of the molecule is COC1CC(O)OC1COP(=O)(O)OC. The molecule has 0 saturated carbocycles. The van der Waals surface area contributed by atoms with Gasteiger partial charge in [0.15, 0.2) is 6.29 Å². The van der Waals surface area contributed by atoms with Gasteiger partial charge in [0.1, 0.15) is 6.10 Å². The average Bonchev–Trinajstić information content (AvgIpc) is 2.56. The number of hydrogen-bond donors (Lipinski definition) is 2. The first kappa shape index (κ1) is 13.1. The first-order valence-corrected chi connectivity index (χ1v) is 5.87. The summed E-state index contributed by atoms with van der Waals surface area (Å²) in [5.41, 5.74) is 0. The molecular formula is C7H15O7P. The van der Waals surface area contributed by atoms with Crippen molar-refractivity contribution in [2.45, 2.75) is 24.9 Å². The Hall–Kier alpha value is -0.0100. The number of aliphatic hydroxyl groups is 1. The highest BCUT2D eigenvalue weighted by Gasteiger charge is 2.36. The fraction of sp³-hybridized carbons (Fsp3) is 1.00. The molecule has 4 unspecified atom stereocenters. The Bertz CT molecular complexity index is 245. The number of hydrogen-bond acceptors (Lipinski definition) is 6. The Morgan fingerprint density at radius 3 is 2.73 bits per heavy atom. The summed E-state index contributed by atoms with van der Waals surface area (Å²) in [7, 11) is -1.47. The second kappa shape index (κ2) is 5.36. The van der Waals surface area contributed by atoms with Crippen molar-refractivity contribution in [2.24, 2.45) is 0 Å². The van der Waals surface area contributed by atoms with Crippen LogP contribution in [0.25, 0.3) is 0 Å². The molecule has 90 valence electrons. The minimum absolute atomic E-state index is 0.169. The number of phosphoric ester groups is 1. The number of ether oxygens (including phenoxy) is 2. The Balaban J connectivity index is 2.41. The van der Waals surface area contributed by atoms with Crippen molar-refractivity contribution in [3.63, 3.8) is 0 Å². The molecule has 1 rings (SSSR count). The summed E-state index contributed by atoms with van der Waals surface area (Å²) in [6.45, 7) is -0.169. The van der Waals surface area contributed by atoms with Crippen LogP contribution in [-0.4, -0.2) is 49.3 Å². The fourth-order valence-electron chi connectivity index (χ4n) is 1.31. The summed E-state index contributed by atoms with van der Waals surface area (Å²) in [4.78, 5) is 8.96. The average molecular weight is 242 g/mol. The van der Waals surface area contributed by atoms with E-state index in [2.05, 4.69) is 9.05 Å². The Morgan fingerprint density at radius 1 is 1.53 bits per heavy atom. The van der Waals surface area contributed by atoms with Crippen LogP contribution in [0.4, 0.5) is 0 Å². The van der Waals surface area contributed by atoms with Gasteiger partial charge in [-0.3, -0.25) is 9.05 Å². The van der Waals surface area contributed by atoms with Gasteiger partial charge in [0.25, 0.3) is 0 Å². The molecule has 1 saturated heterocycles. The molecule has 2 N–H and O–H groups in total. The smallest absolute Gasteiger partial charge is 0.378 e. The van der Waals surface area contributed by atoms with E-state index in [1.54, 1.807) is 0 Å². The molecule has 7 nitrogen and oxygen atoms in total. The van der Waals surface area contributed by atoms with Crippen LogP contribution in [0.5, 0.6) is 0 Å². The largest absolute Gasteiger partial charge is 0.472 e. The van der Waals surface area contributed by atoms with Crippen LogP contribution in [-0.2, 0) is 23.1 Å². The molecule has 0 amide bonds. The van der Waals surface area contributed by atoms with Crippen molar-refractivity contribution < 1.29 is 33.1 Å². The van der Waals surface area contributed by atoms with E-state index >= 15 is 0 Å². The summed E-state index contributed by atoms with van der Waals surface area (Å²) in [6.07, 6.45) is -1.53. The molecule has 15 heavy (non-hydrogen) atoms. The maximum absolute atomic E-state index is 11.0. The van der Waals surface area contributed by atoms with Crippen molar-refractivity contribution in [3.8, 4) is 0 Å². The van der Waals surface area contributed by atoms with Crippen LogP contribution in [0, 0.1) is 0 Å². The minimum atomic E-state index is -4.00. The lowest BCUT2D eigenvalue weighted by molar-refractivity contribution is -0.108. The zero-order chi connectivity index (χ0) is 11.5. The van der Waals surface area contributed by atoms with E-state index in [1.807, 2.05) is 0 Å². The van der Waals surface area contributed by atoms with E-state index in [0.29, 0.717) is 6.42 Å². The summed E-state index contributed by atoms with van der Waals surface area (Å²) < 4.78 is 29.8.